The molecular weight excluding hydrogens is 316 g/mol. The Hall–Kier alpha value is -1.40. The molecule has 0 spiro atoms. The summed E-state index contributed by atoms with van der Waals surface area (Å²) in [6.07, 6.45) is 2.44. The van der Waals surface area contributed by atoms with Crippen LogP contribution in [-0.4, -0.2) is 58.1 Å². The molecule has 0 aromatic carbocycles. The first kappa shape index (κ1) is 17.9. The van der Waals surface area contributed by atoms with Gasteiger partial charge < -0.3 is 14.5 Å². The highest BCUT2D eigenvalue weighted by Gasteiger charge is 2.30. The molecule has 1 saturated heterocycles. The molecule has 1 aliphatic heterocycles. The molecule has 23 heavy (non-hydrogen) atoms. The number of ether oxygens (including phenoxy) is 1. The molecule has 2 rings (SSSR count). The van der Waals surface area contributed by atoms with Crippen molar-refractivity contribution in [1.82, 2.24) is 19.8 Å². The Kier molecular flexibility index (Phi) is 5.81. The Morgan fingerprint density at radius 2 is 2.26 bits per heavy atom. The lowest BCUT2D eigenvalue weighted by molar-refractivity contribution is 0.0285. The second-order valence-electron chi connectivity index (χ2n) is 7.09. The standard InChI is InChI=1S/C16H25ClN4O2/c1-16(2,3)23-15(22)21-8-6-12(10-21)9-20(4)11-13-5-7-18-14(17)19-13/h5,7,12H,6,8-11H2,1-4H3/t12-/m1/s1. The molecule has 1 aromatic rings. The monoisotopic (exact) mass is 340 g/mol. The van der Waals surface area contributed by atoms with Gasteiger partial charge >= 0.3 is 6.09 Å². The summed E-state index contributed by atoms with van der Waals surface area (Å²) in [5, 5.41) is 0.271. The van der Waals surface area contributed by atoms with Crippen molar-refractivity contribution in [3.05, 3.63) is 23.2 Å². The van der Waals surface area contributed by atoms with Gasteiger partial charge in [0.1, 0.15) is 5.60 Å². The van der Waals surface area contributed by atoms with Gasteiger partial charge in [-0.25, -0.2) is 14.8 Å². The fourth-order valence-electron chi connectivity index (χ4n) is 2.71. The average molecular weight is 341 g/mol. The van der Waals surface area contributed by atoms with Gasteiger partial charge in [-0.1, -0.05) is 0 Å². The molecular formula is C16H25ClN4O2. The molecule has 1 amide bonds. The van der Waals surface area contributed by atoms with E-state index in [4.69, 9.17) is 16.3 Å². The van der Waals surface area contributed by atoms with Crippen LogP contribution < -0.4 is 0 Å². The first-order valence-corrected chi connectivity index (χ1v) is 8.24. The zero-order valence-corrected chi connectivity index (χ0v) is 15.0. The van der Waals surface area contributed by atoms with Crippen molar-refractivity contribution >= 4 is 17.7 Å². The van der Waals surface area contributed by atoms with Crippen LogP contribution in [0.15, 0.2) is 12.3 Å². The van der Waals surface area contributed by atoms with Crippen molar-refractivity contribution in [1.29, 1.82) is 0 Å². The maximum absolute atomic E-state index is 12.1. The van der Waals surface area contributed by atoms with Crippen LogP contribution in [0.25, 0.3) is 0 Å². The number of likely N-dealkylation sites (tertiary alicyclic amines) is 1. The Balaban J connectivity index is 1.79. The molecule has 0 unspecified atom stereocenters. The van der Waals surface area contributed by atoms with Crippen LogP contribution >= 0.6 is 11.6 Å². The molecule has 0 radical (unpaired) electrons. The lowest BCUT2D eigenvalue weighted by Crippen LogP contribution is -2.36. The molecule has 1 fully saturated rings. The van der Waals surface area contributed by atoms with E-state index in [-0.39, 0.29) is 11.4 Å². The van der Waals surface area contributed by atoms with Gasteiger partial charge in [0.05, 0.1) is 5.69 Å². The van der Waals surface area contributed by atoms with E-state index in [1.807, 2.05) is 33.9 Å². The highest BCUT2D eigenvalue weighted by Crippen LogP contribution is 2.20. The average Bonchev–Trinajstić information content (AvgIpc) is 2.85. The largest absolute Gasteiger partial charge is 0.444 e. The number of nitrogens with zero attached hydrogens (tertiary/aromatic N) is 4. The van der Waals surface area contributed by atoms with E-state index >= 15 is 0 Å². The number of halogens is 1. The van der Waals surface area contributed by atoms with Gasteiger partial charge in [-0.05, 0) is 57.8 Å². The Morgan fingerprint density at radius 3 is 2.91 bits per heavy atom. The van der Waals surface area contributed by atoms with Crippen molar-refractivity contribution in [3.63, 3.8) is 0 Å². The molecule has 0 bridgehead atoms. The van der Waals surface area contributed by atoms with Crippen molar-refractivity contribution in [2.45, 2.75) is 39.3 Å². The zero-order chi connectivity index (χ0) is 17.0. The molecule has 0 aliphatic carbocycles. The van der Waals surface area contributed by atoms with Gasteiger partial charge in [-0.15, -0.1) is 0 Å². The van der Waals surface area contributed by atoms with E-state index in [0.29, 0.717) is 12.5 Å². The lowest BCUT2D eigenvalue weighted by Gasteiger charge is -2.25. The zero-order valence-electron chi connectivity index (χ0n) is 14.3. The maximum Gasteiger partial charge on any atom is 0.410 e. The molecule has 0 saturated carbocycles. The number of amides is 1. The molecule has 0 N–H and O–H groups in total. The fourth-order valence-corrected chi connectivity index (χ4v) is 2.88. The van der Waals surface area contributed by atoms with Crippen LogP contribution in [0.4, 0.5) is 4.79 Å². The minimum Gasteiger partial charge on any atom is -0.444 e. The SMILES string of the molecule is CN(Cc1ccnc(Cl)n1)C[C@H]1CCN(C(=O)OC(C)(C)C)C1. The normalized spacial score (nSPS) is 18.5. The second kappa shape index (κ2) is 7.45. The quantitative estimate of drug-likeness (QED) is 0.789. The van der Waals surface area contributed by atoms with Crippen LogP contribution in [-0.2, 0) is 11.3 Å². The first-order valence-electron chi connectivity index (χ1n) is 7.87. The van der Waals surface area contributed by atoms with Crippen LogP contribution in [0.2, 0.25) is 5.28 Å². The van der Waals surface area contributed by atoms with Gasteiger partial charge in [0.2, 0.25) is 5.28 Å². The molecule has 2 heterocycles. The summed E-state index contributed by atoms with van der Waals surface area (Å²) in [6, 6.07) is 1.87. The molecule has 6 nitrogen and oxygen atoms in total. The summed E-state index contributed by atoms with van der Waals surface area (Å²) in [4.78, 5) is 24.2. The number of rotatable bonds is 4. The molecule has 1 aliphatic rings. The third-order valence-electron chi connectivity index (χ3n) is 3.62. The van der Waals surface area contributed by atoms with Crippen molar-refractivity contribution in [2.75, 3.05) is 26.7 Å². The van der Waals surface area contributed by atoms with Crippen molar-refractivity contribution in [2.24, 2.45) is 5.92 Å². The molecule has 7 heteroatoms. The van der Waals surface area contributed by atoms with Gasteiger partial charge in [0.15, 0.2) is 0 Å². The highest BCUT2D eigenvalue weighted by molar-refractivity contribution is 6.28. The van der Waals surface area contributed by atoms with E-state index in [1.54, 1.807) is 11.1 Å². The number of carbonyl (C=O) groups excluding carboxylic acids is 1. The van der Waals surface area contributed by atoms with Gasteiger partial charge in [-0.2, -0.15) is 0 Å². The van der Waals surface area contributed by atoms with Crippen LogP contribution in [0, 0.1) is 5.92 Å². The summed E-state index contributed by atoms with van der Waals surface area (Å²) in [5.41, 5.74) is 0.451. The maximum atomic E-state index is 12.1. The number of carbonyl (C=O) groups is 1. The number of aromatic nitrogens is 2. The van der Waals surface area contributed by atoms with Crippen molar-refractivity contribution in [3.8, 4) is 0 Å². The van der Waals surface area contributed by atoms with Gasteiger partial charge in [-0.3, -0.25) is 0 Å². The predicted octanol–water partition coefficient (Wildman–Crippen LogP) is 2.82. The predicted molar refractivity (Wildman–Crippen MR) is 89.3 cm³/mol. The van der Waals surface area contributed by atoms with E-state index < -0.39 is 5.60 Å². The summed E-state index contributed by atoms with van der Waals surface area (Å²) >= 11 is 5.81. The van der Waals surface area contributed by atoms with Gasteiger partial charge in [0.25, 0.3) is 0 Å². The third-order valence-corrected chi connectivity index (χ3v) is 3.81. The Morgan fingerprint density at radius 1 is 1.52 bits per heavy atom. The lowest BCUT2D eigenvalue weighted by atomic mass is 10.1. The van der Waals surface area contributed by atoms with E-state index in [9.17, 15) is 4.79 Å². The first-order chi connectivity index (χ1) is 10.7. The van der Waals surface area contributed by atoms with E-state index in [1.165, 1.54) is 0 Å². The van der Waals surface area contributed by atoms with Gasteiger partial charge in [0, 0.05) is 32.4 Å². The smallest absolute Gasteiger partial charge is 0.410 e. The number of hydrogen-bond acceptors (Lipinski definition) is 5. The highest BCUT2D eigenvalue weighted by atomic mass is 35.5. The minimum absolute atomic E-state index is 0.217. The van der Waals surface area contributed by atoms with Crippen LogP contribution in [0.5, 0.6) is 0 Å². The Labute approximate surface area is 142 Å². The van der Waals surface area contributed by atoms with E-state index in [2.05, 4.69) is 14.9 Å². The third kappa shape index (κ3) is 5.95. The minimum atomic E-state index is -0.446. The van der Waals surface area contributed by atoms with Crippen LogP contribution in [0.3, 0.4) is 0 Å². The molecule has 1 atom stereocenters. The fraction of sp³-hybridized carbons (Fsp3) is 0.688. The van der Waals surface area contributed by atoms with Crippen LogP contribution in [0.1, 0.15) is 32.9 Å². The molecule has 1 aromatic heterocycles. The topological polar surface area (TPSA) is 58.6 Å². The van der Waals surface area contributed by atoms with E-state index in [0.717, 1.165) is 31.7 Å². The summed E-state index contributed by atoms with van der Waals surface area (Å²) in [7, 11) is 2.05. The second-order valence-corrected chi connectivity index (χ2v) is 7.43. The summed E-state index contributed by atoms with van der Waals surface area (Å²) < 4.78 is 5.43. The van der Waals surface area contributed by atoms with Crippen molar-refractivity contribution < 1.29 is 9.53 Å². The number of hydrogen-bond donors (Lipinski definition) is 0. The summed E-state index contributed by atoms with van der Waals surface area (Å²) in [5.74, 6) is 0.449. The summed E-state index contributed by atoms with van der Waals surface area (Å²) in [6.45, 7) is 8.78. The molecule has 128 valence electrons. The Bertz CT molecular complexity index is 547.